The minimum atomic E-state index is 0.158. The van der Waals surface area contributed by atoms with Crippen molar-refractivity contribution in [2.75, 3.05) is 6.26 Å². The lowest BCUT2D eigenvalue weighted by atomic mass is 10.4. The van der Waals surface area contributed by atoms with Crippen LogP contribution in [0.1, 0.15) is 4.88 Å². The van der Waals surface area contributed by atoms with Crippen molar-refractivity contribution in [3.05, 3.63) is 17.0 Å². The van der Waals surface area contributed by atoms with Crippen LogP contribution in [0.15, 0.2) is 16.3 Å². The molecule has 0 unspecified atom stereocenters. The summed E-state index contributed by atoms with van der Waals surface area (Å²) in [5.41, 5.74) is 5.27. The van der Waals surface area contributed by atoms with Crippen LogP contribution in [0.2, 0.25) is 0 Å². The van der Waals surface area contributed by atoms with Crippen LogP contribution in [0.3, 0.4) is 0 Å². The van der Waals surface area contributed by atoms with Crippen LogP contribution in [-0.2, 0) is 0 Å². The van der Waals surface area contributed by atoms with Crippen LogP contribution in [-0.4, -0.2) is 12.1 Å². The van der Waals surface area contributed by atoms with Crippen molar-refractivity contribution in [1.29, 1.82) is 5.41 Å². The van der Waals surface area contributed by atoms with Gasteiger partial charge in [-0.15, -0.1) is 23.1 Å². The maximum absolute atomic E-state index is 7.10. The molecule has 0 aliphatic rings. The Kier molecular flexibility index (Phi) is 2.34. The lowest BCUT2D eigenvalue weighted by Gasteiger charge is -1.87. The average Bonchev–Trinajstić information content (AvgIpc) is 2.34. The van der Waals surface area contributed by atoms with E-state index in [0.717, 1.165) is 4.88 Å². The molecule has 2 nitrogen and oxygen atoms in total. The van der Waals surface area contributed by atoms with E-state index in [9.17, 15) is 0 Å². The second-order valence-electron chi connectivity index (χ2n) is 1.74. The second-order valence-corrected chi connectivity index (χ2v) is 3.93. The molecule has 1 heterocycles. The zero-order chi connectivity index (χ0) is 7.56. The third kappa shape index (κ3) is 1.52. The van der Waals surface area contributed by atoms with Crippen LogP contribution in [0.5, 0.6) is 0 Å². The summed E-state index contributed by atoms with van der Waals surface area (Å²) in [5.74, 6) is 0.158. The largest absolute Gasteiger partial charge is 0.383 e. The van der Waals surface area contributed by atoms with E-state index in [-0.39, 0.29) is 5.84 Å². The highest BCUT2D eigenvalue weighted by Crippen LogP contribution is 2.24. The van der Waals surface area contributed by atoms with Crippen LogP contribution in [0.25, 0.3) is 0 Å². The number of rotatable bonds is 2. The summed E-state index contributed by atoms with van der Waals surface area (Å²) in [4.78, 5) is 0.851. The molecule has 1 aromatic heterocycles. The quantitative estimate of drug-likeness (QED) is 0.405. The highest BCUT2D eigenvalue weighted by atomic mass is 32.2. The molecule has 0 bridgehead atoms. The normalized spacial score (nSPS) is 9.70. The molecule has 0 aliphatic heterocycles. The molecule has 1 rings (SSSR count). The van der Waals surface area contributed by atoms with Gasteiger partial charge in [0.15, 0.2) is 0 Å². The number of hydrogen-bond acceptors (Lipinski definition) is 3. The van der Waals surface area contributed by atoms with E-state index in [1.54, 1.807) is 23.1 Å². The van der Waals surface area contributed by atoms with E-state index in [2.05, 4.69) is 0 Å². The smallest absolute Gasteiger partial charge is 0.133 e. The molecular formula is C6H8N2S2. The number of nitrogens with one attached hydrogen (secondary N) is 1. The molecule has 0 aromatic carbocycles. The van der Waals surface area contributed by atoms with Gasteiger partial charge in [-0.3, -0.25) is 5.41 Å². The van der Waals surface area contributed by atoms with Gasteiger partial charge in [0.25, 0.3) is 0 Å². The highest BCUT2D eigenvalue weighted by molar-refractivity contribution is 8.00. The molecule has 1 aromatic rings. The second kappa shape index (κ2) is 3.07. The van der Waals surface area contributed by atoms with Crippen molar-refractivity contribution >= 4 is 28.9 Å². The van der Waals surface area contributed by atoms with Gasteiger partial charge in [0.2, 0.25) is 0 Å². The molecule has 10 heavy (non-hydrogen) atoms. The Labute approximate surface area is 68.0 Å². The van der Waals surface area contributed by atoms with Gasteiger partial charge in [-0.25, -0.2) is 0 Å². The van der Waals surface area contributed by atoms with E-state index in [0.29, 0.717) is 0 Å². The van der Waals surface area contributed by atoms with E-state index in [1.165, 1.54) is 4.21 Å². The molecule has 0 spiro atoms. The van der Waals surface area contributed by atoms with E-state index < -0.39 is 0 Å². The molecule has 0 atom stereocenters. The van der Waals surface area contributed by atoms with E-state index in [4.69, 9.17) is 11.1 Å². The van der Waals surface area contributed by atoms with Crippen LogP contribution in [0, 0.1) is 5.41 Å². The zero-order valence-electron chi connectivity index (χ0n) is 5.55. The van der Waals surface area contributed by atoms with Gasteiger partial charge in [-0.1, -0.05) is 0 Å². The SMILES string of the molecule is CSc1ccc(C(=N)N)s1. The molecule has 54 valence electrons. The van der Waals surface area contributed by atoms with Crippen molar-refractivity contribution in [1.82, 2.24) is 0 Å². The molecular weight excluding hydrogens is 164 g/mol. The Morgan fingerprint density at radius 1 is 1.70 bits per heavy atom. The predicted octanol–water partition coefficient (Wildman–Crippen LogP) is 1.75. The Hall–Kier alpha value is -0.480. The fourth-order valence-electron chi connectivity index (χ4n) is 0.575. The number of thiophene rings is 1. The van der Waals surface area contributed by atoms with Gasteiger partial charge in [-0.05, 0) is 18.4 Å². The first-order chi connectivity index (χ1) is 4.74. The number of amidine groups is 1. The topological polar surface area (TPSA) is 49.9 Å². The van der Waals surface area contributed by atoms with Gasteiger partial charge in [0, 0.05) is 0 Å². The van der Waals surface area contributed by atoms with Crippen molar-refractivity contribution in [3.8, 4) is 0 Å². The lowest BCUT2D eigenvalue weighted by molar-refractivity contribution is 1.45. The fraction of sp³-hybridized carbons (Fsp3) is 0.167. The third-order valence-corrected chi connectivity index (χ3v) is 3.25. The first-order valence-electron chi connectivity index (χ1n) is 2.72. The summed E-state index contributed by atoms with van der Waals surface area (Å²) >= 11 is 3.23. The monoisotopic (exact) mass is 172 g/mol. The summed E-state index contributed by atoms with van der Waals surface area (Å²) < 4.78 is 1.20. The van der Waals surface area contributed by atoms with Crippen molar-refractivity contribution in [3.63, 3.8) is 0 Å². The van der Waals surface area contributed by atoms with Crippen molar-refractivity contribution in [2.24, 2.45) is 5.73 Å². The summed E-state index contributed by atoms with van der Waals surface area (Å²) in [5, 5.41) is 7.10. The van der Waals surface area contributed by atoms with Crippen LogP contribution >= 0.6 is 23.1 Å². The Morgan fingerprint density at radius 2 is 2.40 bits per heavy atom. The molecule has 4 heteroatoms. The molecule has 3 N–H and O–H groups in total. The van der Waals surface area contributed by atoms with E-state index >= 15 is 0 Å². The van der Waals surface area contributed by atoms with Crippen LogP contribution < -0.4 is 5.73 Å². The maximum Gasteiger partial charge on any atom is 0.133 e. The van der Waals surface area contributed by atoms with Gasteiger partial charge in [0.05, 0.1) is 9.09 Å². The van der Waals surface area contributed by atoms with E-state index in [1.807, 2.05) is 18.4 Å². The first-order valence-corrected chi connectivity index (χ1v) is 4.76. The number of thioether (sulfide) groups is 1. The number of nitrogens with two attached hydrogens (primary N) is 1. The first kappa shape index (κ1) is 7.63. The summed E-state index contributed by atoms with van der Waals surface area (Å²) in [6, 6.07) is 3.85. The summed E-state index contributed by atoms with van der Waals surface area (Å²) in [6.07, 6.45) is 2.01. The Bertz CT molecular complexity index is 242. The molecule has 0 radical (unpaired) electrons. The molecule has 0 aliphatic carbocycles. The van der Waals surface area contributed by atoms with Crippen molar-refractivity contribution in [2.45, 2.75) is 4.21 Å². The van der Waals surface area contributed by atoms with Gasteiger partial charge >= 0.3 is 0 Å². The van der Waals surface area contributed by atoms with Gasteiger partial charge < -0.3 is 5.73 Å². The Morgan fingerprint density at radius 3 is 2.70 bits per heavy atom. The van der Waals surface area contributed by atoms with Gasteiger partial charge in [-0.2, -0.15) is 0 Å². The maximum atomic E-state index is 7.10. The minimum Gasteiger partial charge on any atom is -0.383 e. The molecule has 0 saturated heterocycles. The average molecular weight is 172 g/mol. The molecule has 0 amide bonds. The lowest BCUT2D eigenvalue weighted by Crippen LogP contribution is -2.08. The standard InChI is InChI=1S/C6H8N2S2/c1-9-5-3-2-4(10-5)6(7)8/h2-3H,1H3,(H3,7,8). The fourth-order valence-corrected chi connectivity index (χ4v) is 1.98. The zero-order valence-corrected chi connectivity index (χ0v) is 7.18. The van der Waals surface area contributed by atoms with Crippen molar-refractivity contribution < 1.29 is 0 Å². The molecule has 0 saturated carbocycles. The molecule has 0 fully saturated rings. The number of nitrogen functional groups attached to an aromatic ring is 1. The number of hydrogen-bond donors (Lipinski definition) is 2. The highest BCUT2D eigenvalue weighted by Gasteiger charge is 1.99. The predicted molar refractivity (Wildman–Crippen MR) is 47.1 cm³/mol. The third-order valence-electron chi connectivity index (χ3n) is 1.05. The van der Waals surface area contributed by atoms with Crippen LogP contribution in [0.4, 0.5) is 0 Å². The Balaban J connectivity index is 2.88. The summed E-state index contributed by atoms with van der Waals surface area (Å²) in [7, 11) is 0. The van der Waals surface area contributed by atoms with Gasteiger partial charge in [0.1, 0.15) is 5.84 Å². The minimum absolute atomic E-state index is 0.158. The summed E-state index contributed by atoms with van der Waals surface area (Å²) in [6.45, 7) is 0.